The van der Waals surface area contributed by atoms with Gasteiger partial charge in [0.25, 0.3) is 0 Å². The van der Waals surface area contributed by atoms with Gasteiger partial charge in [0.05, 0.1) is 4.90 Å². The van der Waals surface area contributed by atoms with Crippen LogP contribution in [-0.2, 0) is 14.9 Å². The summed E-state index contributed by atoms with van der Waals surface area (Å²) in [4.78, 5) is 10.5. The van der Waals surface area contributed by atoms with Gasteiger partial charge in [0.2, 0.25) is 5.91 Å². The number of rotatable bonds is 2. The third-order valence-corrected chi connectivity index (χ3v) is 2.63. The minimum atomic E-state index is -4.43. The van der Waals surface area contributed by atoms with Gasteiger partial charge in [-0.15, -0.1) is 0 Å². The normalized spacial score (nSPS) is 11.1. The van der Waals surface area contributed by atoms with E-state index in [9.17, 15) is 17.8 Å². The highest BCUT2D eigenvalue weighted by molar-refractivity contribution is 7.85. The van der Waals surface area contributed by atoms with Crippen LogP contribution in [-0.4, -0.2) is 18.9 Å². The van der Waals surface area contributed by atoms with Crippen LogP contribution in [0, 0.1) is 6.92 Å². The molecule has 0 saturated heterocycles. The first-order valence-corrected chi connectivity index (χ1v) is 5.55. The fourth-order valence-electron chi connectivity index (χ4n) is 1.12. The molecule has 1 aromatic rings. The van der Waals surface area contributed by atoms with E-state index in [0.717, 1.165) is 0 Å². The molecule has 6 heteroatoms. The Bertz CT molecular complexity index is 493. The Morgan fingerprint density at radius 3 is 2.40 bits per heavy atom. The van der Waals surface area contributed by atoms with Crippen molar-refractivity contribution in [2.45, 2.75) is 18.7 Å². The fraction of sp³-hybridized carbons (Fsp3) is 0.222. The van der Waals surface area contributed by atoms with Gasteiger partial charge in [-0.2, -0.15) is 0 Å². The lowest BCUT2D eigenvalue weighted by Crippen LogP contribution is -2.08. The number of hydrogen-bond acceptors (Lipinski definition) is 4. The summed E-state index contributed by atoms with van der Waals surface area (Å²) in [6.45, 7) is 2.96. The highest BCUT2D eigenvalue weighted by Gasteiger charge is 2.05. The van der Waals surface area contributed by atoms with Crippen molar-refractivity contribution in [1.29, 1.82) is 0 Å². The number of benzene rings is 1. The molecule has 0 unspecified atom stereocenters. The maximum atomic E-state index is 10.8. The van der Waals surface area contributed by atoms with E-state index in [-0.39, 0.29) is 10.8 Å². The summed E-state index contributed by atoms with van der Waals surface area (Å²) >= 11 is 0. The van der Waals surface area contributed by atoms with Crippen LogP contribution in [0.15, 0.2) is 23.1 Å². The molecule has 0 spiro atoms. The Morgan fingerprint density at radius 2 is 2.00 bits per heavy atom. The third kappa shape index (κ3) is 3.03. The molecule has 82 valence electrons. The van der Waals surface area contributed by atoms with E-state index in [1.807, 2.05) is 0 Å². The molecule has 0 heterocycles. The first-order valence-electron chi connectivity index (χ1n) is 4.15. The Kier molecular flexibility index (Phi) is 3.11. The van der Waals surface area contributed by atoms with Gasteiger partial charge in [0.15, 0.2) is 0 Å². The van der Waals surface area contributed by atoms with E-state index in [0.29, 0.717) is 11.3 Å². The molecule has 0 bridgehead atoms. The van der Waals surface area contributed by atoms with Gasteiger partial charge in [-0.05, 0) is 30.7 Å². The number of anilines is 1. The molecule has 0 aliphatic rings. The molecule has 1 amide bonds. The summed E-state index contributed by atoms with van der Waals surface area (Å²) in [7, 11) is -4.43. The van der Waals surface area contributed by atoms with Crippen LogP contribution < -0.4 is 5.32 Å². The number of amides is 1. The van der Waals surface area contributed by atoms with E-state index in [2.05, 4.69) is 5.32 Å². The van der Waals surface area contributed by atoms with Crippen LogP contribution in [0.1, 0.15) is 12.5 Å². The Morgan fingerprint density at radius 1 is 1.40 bits per heavy atom. The SMILES string of the molecule is CC(=O)Nc1ccc(S(=O)(=O)[O-])cc1C. The molecule has 1 N–H and O–H groups in total. The lowest BCUT2D eigenvalue weighted by Gasteiger charge is -2.11. The summed E-state index contributed by atoms with van der Waals surface area (Å²) in [5, 5.41) is 2.52. The number of nitrogens with one attached hydrogen (secondary N) is 1. The molecule has 1 rings (SSSR count). The maximum absolute atomic E-state index is 10.8. The predicted molar refractivity (Wildman–Crippen MR) is 53.4 cm³/mol. The van der Waals surface area contributed by atoms with Crippen LogP contribution in [0.4, 0.5) is 5.69 Å². The molecular weight excluding hydrogens is 218 g/mol. The van der Waals surface area contributed by atoms with Gasteiger partial charge in [0, 0.05) is 12.6 Å². The zero-order valence-electron chi connectivity index (χ0n) is 8.27. The van der Waals surface area contributed by atoms with Crippen LogP contribution in [0.5, 0.6) is 0 Å². The number of carbonyl (C=O) groups excluding carboxylic acids is 1. The zero-order valence-corrected chi connectivity index (χ0v) is 9.09. The van der Waals surface area contributed by atoms with Gasteiger partial charge in [0.1, 0.15) is 10.1 Å². The molecule has 0 fully saturated rings. The van der Waals surface area contributed by atoms with Crippen LogP contribution in [0.25, 0.3) is 0 Å². The summed E-state index contributed by atoms with van der Waals surface area (Å²) in [5.41, 5.74) is 1.03. The molecule has 0 aliphatic carbocycles. The third-order valence-electron chi connectivity index (χ3n) is 1.80. The molecule has 0 saturated carbocycles. The second-order valence-corrected chi connectivity index (χ2v) is 4.49. The molecule has 5 nitrogen and oxygen atoms in total. The van der Waals surface area contributed by atoms with Crippen molar-refractivity contribution >= 4 is 21.7 Å². The predicted octanol–water partition coefficient (Wildman–Crippen LogP) is 0.858. The summed E-state index contributed by atoms with van der Waals surface area (Å²) in [6.07, 6.45) is 0. The summed E-state index contributed by atoms with van der Waals surface area (Å²) in [5.74, 6) is -0.254. The Hall–Kier alpha value is -1.40. The summed E-state index contributed by atoms with van der Waals surface area (Å²) in [6, 6.07) is 3.79. The smallest absolute Gasteiger partial charge is 0.221 e. The monoisotopic (exact) mass is 228 g/mol. The fourth-order valence-corrected chi connectivity index (χ4v) is 1.68. The van der Waals surface area contributed by atoms with Crippen molar-refractivity contribution in [2.24, 2.45) is 0 Å². The van der Waals surface area contributed by atoms with Crippen molar-refractivity contribution < 1.29 is 17.8 Å². The quantitative estimate of drug-likeness (QED) is 0.760. The van der Waals surface area contributed by atoms with Crippen LogP contribution in [0.3, 0.4) is 0 Å². The van der Waals surface area contributed by atoms with E-state index in [4.69, 9.17) is 0 Å². The average Bonchev–Trinajstić information content (AvgIpc) is 2.05. The lowest BCUT2D eigenvalue weighted by molar-refractivity contribution is -0.114. The first-order chi connectivity index (χ1) is 6.80. The van der Waals surface area contributed by atoms with Crippen molar-refractivity contribution in [3.05, 3.63) is 23.8 Å². The van der Waals surface area contributed by atoms with Gasteiger partial charge in [-0.1, -0.05) is 0 Å². The minimum absolute atomic E-state index is 0.254. The zero-order chi connectivity index (χ0) is 11.6. The molecule has 15 heavy (non-hydrogen) atoms. The topological polar surface area (TPSA) is 86.3 Å². The van der Waals surface area contributed by atoms with E-state index >= 15 is 0 Å². The standard InChI is InChI=1S/C9H11NO4S/c1-6-5-8(15(12,13)14)3-4-9(6)10-7(2)11/h3-5H,1-2H3,(H,10,11)(H,12,13,14)/p-1. The molecule has 0 radical (unpaired) electrons. The lowest BCUT2D eigenvalue weighted by atomic mass is 10.2. The van der Waals surface area contributed by atoms with Gasteiger partial charge < -0.3 is 9.87 Å². The van der Waals surface area contributed by atoms with Crippen LogP contribution in [0.2, 0.25) is 0 Å². The highest BCUT2D eigenvalue weighted by Crippen LogP contribution is 2.19. The van der Waals surface area contributed by atoms with Gasteiger partial charge in [-0.25, -0.2) is 8.42 Å². The highest BCUT2D eigenvalue weighted by atomic mass is 32.2. The molecular formula is C9H10NO4S-. The van der Waals surface area contributed by atoms with E-state index in [1.165, 1.54) is 25.1 Å². The van der Waals surface area contributed by atoms with Crippen molar-refractivity contribution in [3.63, 3.8) is 0 Å². The minimum Gasteiger partial charge on any atom is -0.744 e. The largest absolute Gasteiger partial charge is 0.744 e. The van der Waals surface area contributed by atoms with E-state index < -0.39 is 10.1 Å². The van der Waals surface area contributed by atoms with Gasteiger partial charge in [-0.3, -0.25) is 4.79 Å². The second-order valence-electron chi connectivity index (χ2n) is 3.11. The molecule has 0 aliphatic heterocycles. The number of carbonyl (C=O) groups is 1. The average molecular weight is 228 g/mol. The Labute approximate surface area is 87.9 Å². The Balaban J connectivity index is 3.15. The molecule has 0 atom stereocenters. The second kappa shape index (κ2) is 4.00. The molecule has 1 aromatic carbocycles. The summed E-state index contributed by atoms with van der Waals surface area (Å²) < 4.78 is 32.0. The van der Waals surface area contributed by atoms with E-state index in [1.54, 1.807) is 6.92 Å². The van der Waals surface area contributed by atoms with Crippen molar-refractivity contribution in [2.75, 3.05) is 5.32 Å². The number of aryl methyl sites for hydroxylation is 1. The number of hydrogen-bond donors (Lipinski definition) is 1. The van der Waals surface area contributed by atoms with Crippen molar-refractivity contribution in [1.82, 2.24) is 0 Å². The van der Waals surface area contributed by atoms with Crippen molar-refractivity contribution in [3.8, 4) is 0 Å². The molecule has 0 aromatic heterocycles. The van der Waals surface area contributed by atoms with Crippen LogP contribution >= 0.6 is 0 Å². The van der Waals surface area contributed by atoms with Gasteiger partial charge >= 0.3 is 0 Å². The maximum Gasteiger partial charge on any atom is 0.221 e. The first kappa shape index (κ1) is 11.7.